The topological polar surface area (TPSA) is 52.9 Å². The summed E-state index contributed by atoms with van der Waals surface area (Å²) in [6, 6.07) is 4.32. The third kappa shape index (κ3) is 2.27. The molecule has 0 aromatic carbocycles. The molecule has 2 heterocycles. The van der Waals surface area contributed by atoms with E-state index in [1.54, 1.807) is 22.7 Å². The molecule has 2 aromatic heterocycles. The Labute approximate surface area is 137 Å². The van der Waals surface area contributed by atoms with E-state index in [1.807, 2.05) is 6.07 Å². The van der Waals surface area contributed by atoms with Crippen molar-refractivity contribution in [3.63, 3.8) is 0 Å². The van der Waals surface area contributed by atoms with Crippen molar-refractivity contribution in [2.24, 2.45) is 0 Å². The first-order valence-corrected chi connectivity index (χ1v) is 9.37. The predicted molar refractivity (Wildman–Crippen MR) is 90.0 cm³/mol. The highest BCUT2D eigenvalue weighted by Crippen LogP contribution is 2.39. The van der Waals surface area contributed by atoms with Crippen LogP contribution in [-0.4, -0.2) is 5.91 Å². The lowest BCUT2D eigenvalue weighted by Crippen LogP contribution is -2.10. The summed E-state index contributed by atoms with van der Waals surface area (Å²) in [4.78, 5) is 15.9. The molecule has 0 spiro atoms. The van der Waals surface area contributed by atoms with Gasteiger partial charge in [0.05, 0.1) is 10.4 Å². The number of aryl methyl sites for hydroxylation is 3. The van der Waals surface area contributed by atoms with Crippen molar-refractivity contribution in [3.05, 3.63) is 37.4 Å². The van der Waals surface area contributed by atoms with E-state index in [-0.39, 0.29) is 5.91 Å². The summed E-state index contributed by atoms with van der Waals surface area (Å²) in [5.41, 5.74) is 3.19. The molecule has 0 saturated heterocycles. The summed E-state index contributed by atoms with van der Waals surface area (Å²) in [6.07, 6.45) is 7.78. The molecule has 22 heavy (non-hydrogen) atoms. The van der Waals surface area contributed by atoms with Crippen LogP contribution >= 0.6 is 22.7 Å². The number of carbonyl (C=O) groups is 1. The third-order valence-corrected chi connectivity index (χ3v) is 6.92. The summed E-state index contributed by atoms with van der Waals surface area (Å²) in [5.74, 6) is -0.0594. The maximum absolute atomic E-state index is 12.5. The van der Waals surface area contributed by atoms with E-state index in [1.165, 1.54) is 28.2 Å². The first-order chi connectivity index (χ1) is 10.8. The second kappa shape index (κ2) is 5.53. The largest absolute Gasteiger partial charge is 0.312 e. The molecule has 0 radical (unpaired) electrons. The van der Waals surface area contributed by atoms with Gasteiger partial charge in [-0.1, -0.05) is 0 Å². The molecule has 4 rings (SSSR count). The second-order valence-corrected chi connectivity index (χ2v) is 8.14. The minimum atomic E-state index is -0.0594. The summed E-state index contributed by atoms with van der Waals surface area (Å²) in [6.45, 7) is 0. The molecule has 0 atom stereocenters. The van der Waals surface area contributed by atoms with Crippen molar-refractivity contribution in [1.82, 2.24) is 0 Å². The zero-order valence-electron chi connectivity index (χ0n) is 12.2. The maximum atomic E-state index is 12.5. The minimum absolute atomic E-state index is 0.0594. The van der Waals surface area contributed by atoms with Crippen LogP contribution in [0, 0.1) is 11.3 Å². The van der Waals surface area contributed by atoms with Crippen LogP contribution in [0.1, 0.15) is 55.4 Å². The summed E-state index contributed by atoms with van der Waals surface area (Å²) in [5, 5.41) is 13.1. The van der Waals surface area contributed by atoms with Gasteiger partial charge in [-0.05, 0) is 62.1 Å². The molecule has 0 saturated carbocycles. The number of anilines is 1. The van der Waals surface area contributed by atoms with Crippen LogP contribution in [-0.2, 0) is 25.7 Å². The van der Waals surface area contributed by atoms with E-state index in [0.717, 1.165) is 47.5 Å². The van der Waals surface area contributed by atoms with Gasteiger partial charge in [-0.25, -0.2) is 0 Å². The molecule has 0 bridgehead atoms. The third-order valence-electron chi connectivity index (χ3n) is 4.48. The van der Waals surface area contributed by atoms with Crippen molar-refractivity contribution in [1.29, 1.82) is 5.26 Å². The molecule has 2 aliphatic carbocycles. The lowest BCUT2D eigenvalue weighted by atomic mass is 9.99. The number of hydrogen-bond acceptors (Lipinski definition) is 4. The lowest BCUT2D eigenvalue weighted by molar-refractivity contribution is 0.103. The van der Waals surface area contributed by atoms with E-state index in [4.69, 9.17) is 0 Å². The number of fused-ring (bicyclic) bond motifs is 2. The SMILES string of the molecule is N#Cc1c(NC(=O)c2cc3c(s2)CCCC3)sc2c1CCC2. The monoisotopic (exact) mass is 328 g/mol. The minimum Gasteiger partial charge on any atom is -0.312 e. The van der Waals surface area contributed by atoms with Crippen LogP contribution in [0.25, 0.3) is 0 Å². The van der Waals surface area contributed by atoms with Crippen molar-refractivity contribution in [2.75, 3.05) is 5.32 Å². The predicted octanol–water partition coefficient (Wildman–Crippen LogP) is 4.30. The Bertz CT molecular complexity index is 771. The van der Waals surface area contributed by atoms with Crippen LogP contribution < -0.4 is 5.32 Å². The van der Waals surface area contributed by atoms with Gasteiger partial charge in [-0.15, -0.1) is 22.7 Å². The number of nitrogens with zero attached hydrogens (tertiary/aromatic N) is 1. The van der Waals surface area contributed by atoms with Crippen LogP contribution in [0.2, 0.25) is 0 Å². The number of rotatable bonds is 2. The molecular formula is C17H16N2OS2. The van der Waals surface area contributed by atoms with Gasteiger partial charge in [0.2, 0.25) is 0 Å². The number of amides is 1. The highest BCUT2D eigenvalue weighted by molar-refractivity contribution is 7.17. The molecule has 3 nitrogen and oxygen atoms in total. The fourth-order valence-electron chi connectivity index (χ4n) is 3.38. The molecule has 5 heteroatoms. The van der Waals surface area contributed by atoms with Gasteiger partial charge in [0.15, 0.2) is 0 Å². The fourth-order valence-corrected chi connectivity index (χ4v) is 5.76. The molecule has 2 aromatic rings. The Morgan fingerprint density at radius 3 is 2.73 bits per heavy atom. The number of nitrogens with one attached hydrogen (secondary N) is 1. The van der Waals surface area contributed by atoms with E-state index < -0.39 is 0 Å². The molecular weight excluding hydrogens is 312 g/mol. The molecule has 1 amide bonds. The van der Waals surface area contributed by atoms with Crippen molar-refractivity contribution < 1.29 is 4.79 Å². The van der Waals surface area contributed by atoms with Gasteiger partial charge >= 0.3 is 0 Å². The van der Waals surface area contributed by atoms with Gasteiger partial charge in [-0.2, -0.15) is 5.26 Å². The lowest BCUT2D eigenvalue weighted by Gasteiger charge is -2.08. The zero-order chi connectivity index (χ0) is 15.1. The van der Waals surface area contributed by atoms with E-state index in [0.29, 0.717) is 5.56 Å². The summed E-state index contributed by atoms with van der Waals surface area (Å²) in [7, 11) is 0. The molecule has 0 unspecified atom stereocenters. The first-order valence-electron chi connectivity index (χ1n) is 7.74. The van der Waals surface area contributed by atoms with Crippen LogP contribution in [0.4, 0.5) is 5.00 Å². The fraction of sp³-hybridized carbons (Fsp3) is 0.412. The van der Waals surface area contributed by atoms with Crippen LogP contribution in [0.3, 0.4) is 0 Å². The van der Waals surface area contributed by atoms with Crippen molar-refractivity contribution in [3.8, 4) is 6.07 Å². The first kappa shape index (κ1) is 14.0. The van der Waals surface area contributed by atoms with Gasteiger partial charge in [0.25, 0.3) is 5.91 Å². The highest BCUT2D eigenvalue weighted by atomic mass is 32.1. The average Bonchev–Trinajstić information content (AvgIpc) is 3.19. The Balaban J connectivity index is 1.60. The Hall–Kier alpha value is -1.64. The maximum Gasteiger partial charge on any atom is 0.266 e. The van der Waals surface area contributed by atoms with Crippen molar-refractivity contribution in [2.45, 2.75) is 44.9 Å². The standard InChI is InChI=1S/C17H16N2OS2/c18-9-12-11-5-3-7-14(11)22-17(12)19-16(20)15-8-10-4-1-2-6-13(10)21-15/h8H,1-7H2,(H,19,20). The van der Waals surface area contributed by atoms with E-state index in [9.17, 15) is 10.1 Å². The van der Waals surface area contributed by atoms with Crippen LogP contribution in [0.15, 0.2) is 6.07 Å². The van der Waals surface area contributed by atoms with Crippen LogP contribution in [0.5, 0.6) is 0 Å². The Morgan fingerprint density at radius 1 is 1.09 bits per heavy atom. The smallest absolute Gasteiger partial charge is 0.266 e. The zero-order valence-corrected chi connectivity index (χ0v) is 13.8. The quantitative estimate of drug-likeness (QED) is 0.893. The summed E-state index contributed by atoms with van der Waals surface area (Å²) >= 11 is 3.20. The summed E-state index contributed by atoms with van der Waals surface area (Å²) < 4.78 is 0. The average molecular weight is 328 g/mol. The van der Waals surface area contributed by atoms with Gasteiger partial charge < -0.3 is 5.32 Å². The molecule has 1 N–H and O–H groups in total. The Morgan fingerprint density at radius 2 is 1.91 bits per heavy atom. The number of nitriles is 1. The molecule has 0 fully saturated rings. The van der Waals surface area contributed by atoms with E-state index in [2.05, 4.69) is 11.4 Å². The molecule has 112 valence electrons. The Kier molecular flexibility index (Phi) is 3.51. The van der Waals surface area contributed by atoms with Gasteiger partial charge in [0, 0.05) is 9.75 Å². The highest BCUT2D eigenvalue weighted by Gasteiger charge is 2.24. The molecule has 0 aliphatic heterocycles. The number of carbonyl (C=O) groups excluding carboxylic acids is 1. The van der Waals surface area contributed by atoms with Gasteiger partial charge in [-0.3, -0.25) is 4.79 Å². The van der Waals surface area contributed by atoms with Gasteiger partial charge in [0.1, 0.15) is 11.1 Å². The second-order valence-electron chi connectivity index (χ2n) is 5.89. The number of hydrogen-bond donors (Lipinski definition) is 1. The van der Waals surface area contributed by atoms with E-state index >= 15 is 0 Å². The molecule has 2 aliphatic rings. The number of thiophene rings is 2. The van der Waals surface area contributed by atoms with Crippen molar-refractivity contribution >= 4 is 33.6 Å². The normalized spacial score (nSPS) is 16.0.